The third-order valence-corrected chi connectivity index (χ3v) is 6.11. The van der Waals surface area contributed by atoms with E-state index >= 15 is 0 Å². The first-order valence-corrected chi connectivity index (χ1v) is 10.2. The molecule has 154 valence electrons. The Balaban J connectivity index is 2.23. The van der Waals surface area contributed by atoms with Crippen LogP contribution in [0.25, 0.3) is 0 Å². The van der Waals surface area contributed by atoms with Crippen molar-refractivity contribution < 1.29 is 28.0 Å². The summed E-state index contributed by atoms with van der Waals surface area (Å²) >= 11 is 0. The molecule has 0 aliphatic carbocycles. The summed E-state index contributed by atoms with van der Waals surface area (Å²) in [6.07, 6.45) is 0. The number of ether oxygens (including phenoxy) is 1. The molecular formula is C21H17NO7S. The molecule has 0 saturated carbocycles. The maximum Gasteiger partial charge on any atom is 0.326 e. The smallest absolute Gasteiger partial charge is 0.326 e. The van der Waals surface area contributed by atoms with E-state index in [1.165, 1.54) is 24.3 Å². The Morgan fingerprint density at radius 1 is 1.07 bits per heavy atom. The number of sulfone groups is 1. The molecule has 0 fully saturated rings. The van der Waals surface area contributed by atoms with E-state index in [0.717, 1.165) is 13.0 Å². The third-order valence-electron chi connectivity index (χ3n) is 4.32. The SMILES string of the molecule is CC(=O)c1c(S(=O)(=O)c2ccccc2)cc(OCc2ccccc2)c(O)c1[N+](=O)[O-]. The Morgan fingerprint density at radius 3 is 2.17 bits per heavy atom. The molecule has 9 heteroatoms. The molecule has 0 heterocycles. The van der Waals surface area contributed by atoms with Gasteiger partial charge in [-0.05, 0) is 24.6 Å². The first-order chi connectivity index (χ1) is 14.2. The van der Waals surface area contributed by atoms with Crippen LogP contribution in [0, 0.1) is 10.1 Å². The van der Waals surface area contributed by atoms with Gasteiger partial charge < -0.3 is 9.84 Å². The van der Waals surface area contributed by atoms with Crippen LogP contribution in [-0.4, -0.2) is 24.2 Å². The number of nitrogens with zero attached hydrogens (tertiary/aromatic N) is 1. The number of carbonyl (C=O) groups is 1. The summed E-state index contributed by atoms with van der Waals surface area (Å²) in [5.41, 5.74) is -1.02. The maximum absolute atomic E-state index is 13.2. The predicted molar refractivity (Wildman–Crippen MR) is 107 cm³/mol. The molecule has 0 radical (unpaired) electrons. The number of benzene rings is 3. The van der Waals surface area contributed by atoms with Crippen molar-refractivity contribution >= 4 is 21.3 Å². The Labute approximate surface area is 172 Å². The summed E-state index contributed by atoms with van der Waals surface area (Å²) in [5, 5.41) is 22.0. The quantitative estimate of drug-likeness (QED) is 0.344. The van der Waals surface area contributed by atoms with Gasteiger partial charge in [-0.1, -0.05) is 48.5 Å². The highest BCUT2D eigenvalue weighted by atomic mass is 32.2. The van der Waals surface area contributed by atoms with Crippen molar-refractivity contribution in [1.29, 1.82) is 0 Å². The molecule has 30 heavy (non-hydrogen) atoms. The normalized spacial score (nSPS) is 11.1. The molecule has 0 atom stereocenters. The highest BCUT2D eigenvalue weighted by Crippen LogP contribution is 2.44. The predicted octanol–water partition coefficient (Wildman–Crippen LogP) is 3.91. The number of nitro groups is 1. The van der Waals surface area contributed by atoms with Crippen LogP contribution in [0.3, 0.4) is 0 Å². The van der Waals surface area contributed by atoms with Crippen molar-refractivity contribution in [3.8, 4) is 11.5 Å². The summed E-state index contributed by atoms with van der Waals surface area (Å²) in [7, 11) is -4.31. The van der Waals surface area contributed by atoms with Gasteiger partial charge in [0, 0.05) is 6.07 Å². The molecule has 8 nitrogen and oxygen atoms in total. The number of Topliss-reactive ketones (excluding diaryl/α,β-unsaturated/α-hetero) is 1. The van der Waals surface area contributed by atoms with Crippen molar-refractivity contribution in [3.05, 3.63) is 88.0 Å². The lowest BCUT2D eigenvalue weighted by Gasteiger charge is -2.14. The second kappa shape index (κ2) is 8.34. The average Bonchev–Trinajstić information content (AvgIpc) is 2.73. The summed E-state index contributed by atoms with van der Waals surface area (Å²) in [4.78, 5) is 22.1. The van der Waals surface area contributed by atoms with Gasteiger partial charge in [0.05, 0.1) is 14.7 Å². The van der Waals surface area contributed by atoms with Gasteiger partial charge in [-0.25, -0.2) is 8.42 Å². The number of aromatic hydroxyl groups is 1. The molecule has 3 rings (SSSR count). The average molecular weight is 427 g/mol. The zero-order valence-corrected chi connectivity index (χ0v) is 16.6. The highest BCUT2D eigenvalue weighted by Gasteiger charge is 2.35. The van der Waals surface area contributed by atoms with E-state index in [1.54, 1.807) is 36.4 Å². The first kappa shape index (κ1) is 21.0. The number of hydrogen-bond acceptors (Lipinski definition) is 7. The number of hydrogen-bond donors (Lipinski definition) is 1. The van der Waals surface area contributed by atoms with E-state index in [0.29, 0.717) is 5.56 Å². The number of phenolic OH excluding ortho intramolecular Hbond substituents is 1. The van der Waals surface area contributed by atoms with Gasteiger partial charge >= 0.3 is 5.69 Å². The monoisotopic (exact) mass is 427 g/mol. The molecule has 3 aromatic rings. The minimum atomic E-state index is -4.31. The van der Waals surface area contributed by atoms with Crippen LogP contribution in [0.2, 0.25) is 0 Å². The molecule has 0 saturated heterocycles. The summed E-state index contributed by atoms with van der Waals surface area (Å²) in [6, 6.07) is 16.9. The lowest BCUT2D eigenvalue weighted by Crippen LogP contribution is -2.12. The molecular weight excluding hydrogens is 410 g/mol. The molecule has 0 spiro atoms. The van der Waals surface area contributed by atoms with Gasteiger partial charge in [-0.3, -0.25) is 14.9 Å². The van der Waals surface area contributed by atoms with Crippen molar-refractivity contribution in [3.63, 3.8) is 0 Å². The van der Waals surface area contributed by atoms with Crippen molar-refractivity contribution in [2.75, 3.05) is 0 Å². The Hall–Kier alpha value is -3.72. The summed E-state index contributed by atoms with van der Waals surface area (Å²) in [5.74, 6) is -2.20. The zero-order chi connectivity index (χ0) is 21.9. The second-order valence-electron chi connectivity index (χ2n) is 6.35. The molecule has 0 unspecified atom stereocenters. The minimum absolute atomic E-state index is 0.0736. The fourth-order valence-electron chi connectivity index (χ4n) is 2.91. The van der Waals surface area contributed by atoms with E-state index in [9.17, 15) is 28.4 Å². The van der Waals surface area contributed by atoms with Crippen molar-refractivity contribution in [2.45, 2.75) is 23.3 Å². The van der Waals surface area contributed by atoms with E-state index in [2.05, 4.69) is 0 Å². The zero-order valence-electron chi connectivity index (χ0n) is 15.8. The van der Waals surface area contributed by atoms with E-state index < -0.39 is 48.2 Å². The molecule has 0 aliphatic heterocycles. The van der Waals surface area contributed by atoms with Crippen LogP contribution in [0.5, 0.6) is 11.5 Å². The van der Waals surface area contributed by atoms with Crippen LogP contribution in [0.15, 0.2) is 76.5 Å². The van der Waals surface area contributed by atoms with Gasteiger partial charge in [0.1, 0.15) is 12.2 Å². The lowest BCUT2D eigenvalue weighted by molar-refractivity contribution is -0.386. The maximum atomic E-state index is 13.2. The number of carbonyl (C=O) groups excluding carboxylic acids is 1. The van der Waals surface area contributed by atoms with Crippen LogP contribution in [0.4, 0.5) is 5.69 Å². The lowest BCUT2D eigenvalue weighted by atomic mass is 10.1. The summed E-state index contributed by atoms with van der Waals surface area (Å²) < 4.78 is 31.8. The summed E-state index contributed by atoms with van der Waals surface area (Å²) in [6.45, 7) is 0.923. The Bertz CT molecular complexity index is 1210. The molecule has 0 bridgehead atoms. The Morgan fingerprint density at radius 2 is 1.63 bits per heavy atom. The number of ketones is 1. The number of phenols is 1. The van der Waals surface area contributed by atoms with Gasteiger partial charge in [0.15, 0.2) is 11.5 Å². The molecule has 3 aromatic carbocycles. The number of nitro benzene ring substituents is 1. The fraction of sp³-hybridized carbons (Fsp3) is 0.0952. The highest BCUT2D eigenvalue weighted by molar-refractivity contribution is 7.91. The molecule has 0 aliphatic rings. The van der Waals surface area contributed by atoms with E-state index in [4.69, 9.17) is 4.74 Å². The van der Waals surface area contributed by atoms with E-state index in [-0.39, 0.29) is 11.5 Å². The van der Waals surface area contributed by atoms with Crippen LogP contribution in [-0.2, 0) is 16.4 Å². The van der Waals surface area contributed by atoms with Crippen molar-refractivity contribution in [1.82, 2.24) is 0 Å². The van der Waals surface area contributed by atoms with Gasteiger partial charge in [0.25, 0.3) is 0 Å². The molecule has 1 N–H and O–H groups in total. The van der Waals surface area contributed by atoms with Crippen LogP contribution < -0.4 is 4.74 Å². The second-order valence-corrected chi connectivity index (χ2v) is 8.27. The standard InChI is InChI=1S/C21H17NO7S/c1-14(23)19-18(30(27,28)16-10-6-3-7-11-16)12-17(21(24)20(19)22(25)26)29-13-15-8-4-2-5-9-15/h2-12,24H,13H2,1H3. The first-order valence-electron chi connectivity index (χ1n) is 8.75. The minimum Gasteiger partial charge on any atom is -0.499 e. The number of rotatable bonds is 7. The molecule has 0 amide bonds. The van der Waals surface area contributed by atoms with Gasteiger partial charge in [0.2, 0.25) is 15.6 Å². The fourth-order valence-corrected chi connectivity index (χ4v) is 4.45. The Kier molecular flexibility index (Phi) is 5.84. The van der Waals surface area contributed by atoms with Gasteiger partial charge in [-0.15, -0.1) is 0 Å². The molecule has 0 aromatic heterocycles. The van der Waals surface area contributed by atoms with Crippen LogP contribution >= 0.6 is 0 Å². The third kappa shape index (κ3) is 4.01. The van der Waals surface area contributed by atoms with E-state index in [1.807, 2.05) is 0 Å². The largest absolute Gasteiger partial charge is 0.499 e. The van der Waals surface area contributed by atoms with Crippen molar-refractivity contribution in [2.24, 2.45) is 0 Å². The van der Waals surface area contributed by atoms with Crippen LogP contribution in [0.1, 0.15) is 22.8 Å². The topological polar surface area (TPSA) is 124 Å². The van der Waals surface area contributed by atoms with Gasteiger partial charge in [-0.2, -0.15) is 0 Å².